The Morgan fingerprint density at radius 1 is 1.17 bits per heavy atom. The van der Waals surface area contributed by atoms with Crippen molar-refractivity contribution >= 4 is 11.6 Å². The third-order valence-corrected chi connectivity index (χ3v) is 4.05. The van der Waals surface area contributed by atoms with Crippen molar-refractivity contribution in [1.82, 2.24) is 10.2 Å². The van der Waals surface area contributed by atoms with Crippen LogP contribution in [-0.2, 0) is 0 Å². The Labute approximate surface area is 149 Å². The molecule has 0 aliphatic carbocycles. The lowest BCUT2D eigenvalue weighted by molar-refractivity contribution is 0.390. The third kappa shape index (κ3) is 9.88. The summed E-state index contributed by atoms with van der Waals surface area (Å²) in [4.78, 5) is 2.35. The quantitative estimate of drug-likeness (QED) is 0.691. The molecule has 0 radical (unpaired) electrons. The van der Waals surface area contributed by atoms with E-state index in [0.717, 1.165) is 43.6 Å². The maximum atomic E-state index is 6.14. The van der Waals surface area contributed by atoms with E-state index in [-0.39, 0.29) is 0 Å². The summed E-state index contributed by atoms with van der Waals surface area (Å²) in [6.07, 6.45) is 13.5. The Balaban J connectivity index is 0.000000868. The molecule has 2 aliphatic heterocycles. The van der Waals surface area contributed by atoms with Crippen LogP contribution in [0.2, 0.25) is 0 Å². The van der Waals surface area contributed by atoms with Gasteiger partial charge in [-0.3, -0.25) is 0 Å². The van der Waals surface area contributed by atoms with Crippen LogP contribution < -0.4 is 5.32 Å². The van der Waals surface area contributed by atoms with Gasteiger partial charge in [-0.1, -0.05) is 51.8 Å². The van der Waals surface area contributed by atoms with E-state index in [1.54, 1.807) is 5.57 Å². The van der Waals surface area contributed by atoms with Crippen LogP contribution in [0.25, 0.3) is 0 Å². The van der Waals surface area contributed by atoms with Crippen molar-refractivity contribution in [3.05, 3.63) is 35.0 Å². The fourth-order valence-corrected chi connectivity index (χ4v) is 2.76. The molecule has 0 atom stereocenters. The second kappa shape index (κ2) is 14.8. The Morgan fingerprint density at radius 2 is 1.78 bits per heavy atom. The van der Waals surface area contributed by atoms with Gasteiger partial charge >= 0.3 is 0 Å². The topological polar surface area (TPSA) is 15.3 Å². The van der Waals surface area contributed by atoms with Gasteiger partial charge in [0.25, 0.3) is 0 Å². The van der Waals surface area contributed by atoms with Gasteiger partial charge in [0.2, 0.25) is 0 Å². The molecule has 2 nitrogen and oxygen atoms in total. The van der Waals surface area contributed by atoms with E-state index in [0.29, 0.717) is 0 Å². The molecule has 1 saturated heterocycles. The van der Waals surface area contributed by atoms with E-state index in [9.17, 15) is 0 Å². The maximum Gasteiger partial charge on any atom is 0.0380 e. The molecule has 0 aromatic carbocycles. The zero-order valence-corrected chi connectivity index (χ0v) is 16.6. The molecule has 0 aromatic rings. The average molecular weight is 341 g/mol. The van der Waals surface area contributed by atoms with Crippen LogP contribution in [0.4, 0.5) is 0 Å². The van der Waals surface area contributed by atoms with Gasteiger partial charge in [-0.2, -0.15) is 0 Å². The molecule has 0 spiro atoms. The molecule has 1 N–H and O–H groups in total. The number of allylic oxidation sites excluding steroid dienone is 4. The predicted octanol–water partition coefficient (Wildman–Crippen LogP) is 5.72. The standard InChI is InChI=1S/C15H23ClN2.C3H8.C2H6/c1-2-18-11-8-15(16)5-3-4-14(12-18)13-6-9-17-10-7-13;1-3-2;1-2/h3,5,8,12-13,17H,2,4,6-7,9-11H2,1H3;3H2,1-2H3;1-2H3/b5-3-,14-12+,15-8+;;. The number of hydrogen-bond donors (Lipinski definition) is 1. The molecule has 0 aromatic heterocycles. The molecule has 1 fully saturated rings. The molecule has 0 saturated carbocycles. The second-order valence-electron chi connectivity index (χ2n) is 5.72. The van der Waals surface area contributed by atoms with Gasteiger partial charge in [-0.05, 0) is 69.1 Å². The molecule has 2 heterocycles. The first kappa shape index (κ1) is 22.3. The first-order valence-electron chi connectivity index (χ1n) is 9.38. The fraction of sp³-hybridized carbons (Fsp3) is 0.700. The second-order valence-corrected chi connectivity index (χ2v) is 6.15. The van der Waals surface area contributed by atoms with E-state index in [1.165, 1.54) is 19.3 Å². The van der Waals surface area contributed by atoms with Gasteiger partial charge in [-0.25, -0.2) is 0 Å². The molecule has 0 amide bonds. The van der Waals surface area contributed by atoms with Crippen molar-refractivity contribution in [1.29, 1.82) is 0 Å². The minimum atomic E-state index is 0.738. The highest BCUT2D eigenvalue weighted by atomic mass is 35.5. The zero-order chi connectivity index (χ0) is 17.5. The summed E-state index contributed by atoms with van der Waals surface area (Å²) in [5.41, 5.74) is 1.56. The summed E-state index contributed by atoms with van der Waals surface area (Å²) < 4.78 is 0. The minimum Gasteiger partial charge on any atom is -0.374 e. The predicted molar refractivity (Wildman–Crippen MR) is 106 cm³/mol. The smallest absolute Gasteiger partial charge is 0.0380 e. The monoisotopic (exact) mass is 340 g/mol. The summed E-state index contributed by atoms with van der Waals surface area (Å²) in [6, 6.07) is 0. The van der Waals surface area contributed by atoms with E-state index in [1.807, 2.05) is 19.9 Å². The van der Waals surface area contributed by atoms with Crippen LogP contribution in [0, 0.1) is 5.92 Å². The van der Waals surface area contributed by atoms with Crippen molar-refractivity contribution < 1.29 is 0 Å². The lowest BCUT2D eigenvalue weighted by Gasteiger charge is -2.27. The molecular weight excluding hydrogens is 304 g/mol. The highest BCUT2D eigenvalue weighted by molar-refractivity contribution is 6.31. The minimum absolute atomic E-state index is 0.738. The van der Waals surface area contributed by atoms with Gasteiger partial charge in [0, 0.05) is 18.1 Å². The number of rotatable bonds is 2. The van der Waals surface area contributed by atoms with Crippen LogP contribution in [0.15, 0.2) is 35.0 Å². The largest absolute Gasteiger partial charge is 0.374 e. The Bertz CT molecular complexity index is 366. The van der Waals surface area contributed by atoms with Gasteiger partial charge in [0.15, 0.2) is 0 Å². The van der Waals surface area contributed by atoms with Gasteiger partial charge in [0.1, 0.15) is 0 Å². The van der Waals surface area contributed by atoms with Crippen LogP contribution in [0.5, 0.6) is 0 Å². The van der Waals surface area contributed by atoms with Gasteiger partial charge < -0.3 is 10.2 Å². The summed E-state index contributed by atoms with van der Waals surface area (Å²) >= 11 is 6.14. The number of nitrogens with one attached hydrogen (secondary N) is 1. The molecule has 23 heavy (non-hydrogen) atoms. The number of nitrogens with zero attached hydrogens (tertiary/aromatic N) is 1. The van der Waals surface area contributed by atoms with E-state index in [2.05, 4.69) is 49.3 Å². The van der Waals surface area contributed by atoms with E-state index < -0.39 is 0 Å². The molecule has 0 unspecified atom stereocenters. The van der Waals surface area contributed by atoms with E-state index >= 15 is 0 Å². The first-order valence-corrected chi connectivity index (χ1v) is 9.76. The van der Waals surface area contributed by atoms with Crippen LogP contribution in [0.3, 0.4) is 0 Å². The van der Waals surface area contributed by atoms with Gasteiger partial charge in [-0.15, -0.1) is 0 Å². The number of halogens is 1. The molecule has 2 aliphatic rings. The number of hydrogen-bond acceptors (Lipinski definition) is 2. The van der Waals surface area contributed by atoms with Crippen molar-refractivity contribution in [3.8, 4) is 0 Å². The maximum absolute atomic E-state index is 6.14. The Kier molecular flexibility index (Phi) is 14.4. The summed E-state index contributed by atoms with van der Waals surface area (Å²) in [7, 11) is 0. The number of piperidine rings is 1. The lowest BCUT2D eigenvalue weighted by atomic mass is 9.88. The summed E-state index contributed by atoms with van der Waals surface area (Å²) in [5.74, 6) is 0.738. The molecule has 134 valence electrons. The molecular formula is C20H37ClN2. The van der Waals surface area contributed by atoms with Crippen molar-refractivity contribution in [2.75, 3.05) is 26.2 Å². The zero-order valence-electron chi connectivity index (χ0n) is 15.9. The summed E-state index contributed by atoms with van der Waals surface area (Å²) in [5, 5.41) is 4.29. The molecule has 3 heteroatoms. The van der Waals surface area contributed by atoms with E-state index in [4.69, 9.17) is 11.6 Å². The average Bonchev–Trinajstić information content (AvgIpc) is 2.69. The van der Waals surface area contributed by atoms with Crippen LogP contribution >= 0.6 is 11.6 Å². The third-order valence-electron chi connectivity index (χ3n) is 3.77. The van der Waals surface area contributed by atoms with Crippen molar-refractivity contribution in [3.63, 3.8) is 0 Å². The lowest BCUT2D eigenvalue weighted by Crippen LogP contribution is -2.29. The Hall–Kier alpha value is -0.730. The molecule has 2 rings (SSSR count). The molecule has 0 bridgehead atoms. The first-order chi connectivity index (χ1) is 11.2. The summed E-state index contributed by atoms with van der Waals surface area (Å²) in [6.45, 7) is 14.7. The van der Waals surface area contributed by atoms with Crippen LogP contribution in [0.1, 0.15) is 60.3 Å². The normalized spacial score (nSPS) is 24.9. The highest BCUT2D eigenvalue weighted by Crippen LogP contribution is 2.26. The SMILES string of the molecule is CC.CCC.CCN1/C=C(/C2CCNCC2)C/C=C\C(Cl)=C/C1. The fourth-order valence-electron chi connectivity index (χ4n) is 2.61. The Morgan fingerprint density at radius 3 is 2.35 bits per heavy atom. The van der Waals surface area contributed by atoms with Crippen molar-refractivity contribution in [2.45, 2.75) is 60.3 Å². The van der Waals surface area contributed by atoms with Crippen LogP contribution in [-0.4, -0.2) is 31.1 Å². The number of likely N-dealkylation sites (N-methyl/N-ethyl adjacent to an activating group) is 1. The van der Waals surface area contributed by atoms with Crippen molar-refractivity contribution in [2.24, 2.45) is 5.92 Å². The van der Waals surface area contributed by atoms with Gasteiger partial charge in [0.05, 0.1) is 0 Å². The highest BCUT2D eigenvalue weighted by Gasteiger charge is 2.17.